The summed E-state index contributed by atoms with van der Waals surface area (Å²) in [4.78, 5) is 14.9. The highest BCUT2D eigenvalue weighted by Gasteiger charge is 2.37. The van der Waals surface area contributed by atoms with Gasteiger partial charge in [-0.05, 0) is 31.4 Å². The Hall–Kier alpha value is -2.21. The predicted octanol–water partition coefficient (Wildman–Crippen LogP) is 2.43. The van der Waals surface area contributed by atoms with Crippen molar-refractivity contribution in [2.75, 3.05) is 0 Å². The van der Waals surface area contributed by atoms with Gasteiger partial charge in [0.05, 0.1) is 17.3 Å². The van der Waals surface area contributed by atoms with Gasteiger partial charge in [0.1, 0.15) is 17.0 Å². The number of H-pyrrole nitrogens is 2. The third-order valence-electron chi connectivity index (χ3n) is 4.01. The Morgan fingerprint density at radius 2 is 2.10 bits per heavy atom. The molecule has 2 heterocycles. The number of rotatable bonds is 2. The zero-order chi connectivity index (χ0) is 13.7. The summed E-state index contributed by atoms with van der Waals surface area (Å²) in [6.45, 7) is 0. The third kappa shape index (κ3) is 1.58. The van der Waals surface area contributed by atoms with E-state index in [0.29, 0.717) is 16.9 Å². The quantitative estimate of drug-likeness (QED) is 0.669. The SMILES string of the molecule is NC1(c2ncc(-c3nc4c(F)cccc4[nH]3)[nH]2)CCC1. The zero-order valence-corrected chi connectivity index (χ0v) is 10.8. The summed E-state index contributed by atoms with van der Waals surface area (Å²) in [5.74, 6) is 1.02. The first kappa shape index (κ1) is 11.6. The molecular weight excluding hydrogens is 257 g/mol. The fourth-order valence-electron chi connectivity index (χ4n) is 2.61. The number of nitrogens with one attached hydrogen (secondary N) is 2. The number of aromatic nitrogens is 4. The molecule has 5 nitrogen and oxygen atoms in total. The number of nitrogens with zero attached hydrogens (tertiary/aromatic N) is 2. The molecule has 0 atom stereocenters. The van der Waals surface area contributed by atoms with Crippen LogP contribution in [0.15, 0.2) is 24.4 Å². The number of imidazole rings is 2. The Kier molecular flexibility index (Phi) is 2.26. The number of hydrogen-bond donors (Lipinski definition) is 3. The minimum Gasteiger partial charge on any atom is -0.338 e. The number of benzene rings is 1. The van der Waals surface area contributed by atoms with Gasteiger partial charge in [0.25, 0.3) is 0 Å². The van der Waals surface area contributed by atoms with E-state index >= 15 is 0 Å². The fraction of sp³-hybridized carbons (Fsp3) is 0.286. The first-order valence-corrected chi connectivity index (χ1v) is 6.65. The molecule has 1 saturated carbocycles. The Morgan fingerprint density at radius 1 is 1.25 bits per heavy atom. The lowest BCUT2D eigenvalue weighted by atomic mass is 9.77. The molecule has 0 saturated heterocycles. The monoisotopic (exact) mass is 271 g/mol. The summed E-state index contributed by atoms with van der Waals surface area (Å²) in [7, 11) is 0. The van der Waals surface area contributed by atoms with Crippen LogP contribution in [0.25, 0.3) is 22.6 Å². The zero-order valence-electron chi connectivity index (χ0n) is 10.8. The van der Waals surface area contributed by atoms with E-state index in [4.69, 9.17) is 5.73 Å². The second kappa shape index (κ2) is 3.89. The van der Waals surface area contributed by atoms with E-state index in [-0.39, 0.29) is 11.4 Å². The molecule has 1 aliphatic carbocycles. The summed E-state index contributed by atoms with van der Waals surface area (Å²) >= 11 is 0. The van der Waals surface area contributed by atoms with Crippen molar-refractivity contribution in [1.82, 2.24) is 19.9 Å². The predicted molar refractivity (Wildman–Crippen MR) is 73.3 cm³/mol. The first-order chi connectivity index (χ1) is 9.66. The first-order valence-electron chi connectivity index (χ1n) is 6.65. The van der Waals surface area contributed by atoms with Crippen molar-refractivity contribution < 1.29 is 4.39 Å². The van der Waals surface area contributed by atoms with Crippen molar-refractivity contribution in [2.45, 2.75) is 24.8 Å². The highest BCUT2D eigenvalue weighted by molar-refractivity contribution is 5.79. The number of nitrogens with two attached hydrogens (primary N) is 1. The minimum atomic E-state index is -0.338. The highest BCUT2D eigenvalue weighted by atomic mass is 19.1. The van der Waals surface area contributed by atoms with E-state index in [0.717, 1.165) is 30.8 Å². The van der Waals surface area contributed by atoms with Crippen molar-refractivity contribution in [3.05, 3.63) is 36.0 Å². The molecule has 1 aromatic carbocycles. The van der Waals surface area contributed by atoms with Crippen LogP contribution in [-0.2, 0) is 5.54 Å². The Morgan fingerprint density at radius 3 is 2.80 bits per heavy atom. The third-order valence-corrected chi connectivity index (χ3v) is 4.01. The summed E-state index contributed by atoms with van der Waals surface area (Å²) in [6, 6.07) is 4.85. The van der Waals surface area contributed by atoms with Gasteiger partial charge in [0, 0.05) is 0 Å². The van der Waals surface area contributed by atoms with Crippen LogP contribution in [0.4, 0.5) is 4.39 Å². The second-order valence-corrected chi connectivity index (χ2v) is 5.38. The summed E-state index contributed by atoms with van der Waals surface area (Å²) in [5.41, 5.74) is 7.63. The number of aromatic amines is 2. The van der Waals surface area contributed by atoms with E-state index < -0.39 is 0 Å². The average molecular weight is 271 g/mol. The number of halogens is 1. The molecule has 1 fully saturated rings. The average Bonchev–Trinajstić information content (AvgIpc) is 3.02. The maximum absolute atomic E-state index is 13.6. The Bertz CT molecular complexity index is 784. The smallest absolute Gasteiger partial charge is 0.156 e. The van der Waals surface area contributed by atoms with Crippen LogP contribution in [0.1, 0.15) is 25.1 Å². The van der Waals surface area contributed by atoms with Gasteiger partial charge < -0.3 is 15.7 Å². The van der Waals surface area contributed by atoms with Gasteiger partial charge in [-0.2, -0.15) is 0 Å². The molecule has 20 heavy (non-hydrogen) atoms. The lowest BCUT2D eigenvalue weighted by Gasteiger charge is -2.35. The summed E-state index contributed by atoms with van der Waals surface area (Å²) < 4.78 is 13.6. The number of fused-ring (bicyclic) bond motifs is 1. The molecule has 4 rings (SSSR count). The van der Waals surface area contributed by atoms with Gasteiger partial charge in [0.2, 0.25) is 0 Å². The van der Waals surface area contributed by atoms with Gasteiger partial charge in [-0.3, -0.25) is 0 Å². The van der Waals surface area contributed by atoms with Gasteiger partial charge >= 0.3 is 0 Å². The highest BCUT2D eigenvalue weighted by Crippen LogP contribution is 2.37. The largest absolute Gasteiger partial charge is 0.338 e. The van der Waals surface area contributed by atoms with Crippen LogP contribution in [0, 0.1) is 5.82 Å². The van der Waals surface area contributed by atoms with E-state index in [9.17, 15) is 4.39 Å². The van der Waals surface area contributed by atoms with Crippen LogP contribution < -0.4 is 5.73 Å². The molecule has 2 aromatic heterocycles. The van der Waals surface area contributed by atoms with Crippen molar-refractivity contribution >= 4 is 11.0 Å². The molecule has 0 aliphatic heterocycles. The molecular formula is C14H14FN5. The number of hydrogen-bond acceptors (Lipinski definition) is 3. The maximum atomic E-state index is 13.6. The van der Waals surface area contributed by atoms with E-state index in [1.54, 1.807) is 18.3 Å². The minimum absolute atomic E-state index is 0.334. The Labute approximate surface area is 114 Å². The lowest BCUT2D eigenvalue weighted by molar-refractivity contribution is 0.240. The molecule has 0 radical (unpaired) electrons. The fourth-order valence-corrected chi connectivity index (χ4v) is 2.61. The van der Waals surface area contributed by atoms with Gasteiger partial charge in [-0.15, -0.1) is 0 Å². The molecule has 0 amide bonds. The standard InChI is InChI=1S/C14H14FN5/c15-8-3-1-4-9-11(8)20-12(18-9)10-7-17-13(19-10)14(16)5-2-6-14/h1,3-4,7H,2,5-6,16H2,(H,17,19)(H,18,20). The van der Waals surface area contributed by atoms with Gasteiger partial charge in [0.15, 0.2) is 11.6 Å². The molecule has 1 aliphatic rings. The summed E-state index contributed by atoms with van der Waals surface area (Å²) in [5, 5.41) is 0. The molecule has 4 N–H and O–H groups in total. The second-order valence-electron chi connectivity index (χ2n) is 5.38. The van der Waals surface area contributed by atoms with Crippen LogP contribution in [0.5, 0.6) is 0 Å². The summed E-state index contributed by atoms with van der Waals surface area (Å²) in [6.07, 6.45) is 4.70. The topological polar surface area (TPSA) is 83.4 Å². The maximum Gasteiger partial charge on any atom is 0.156 e. The van der Waals surface area contributed by atoms with Crippen LogP contribution >= 0.6 is 0 Å². The van der Waals surface area contributed by atoms with Crippen LogP contribution in [0.3, 0.4) is 0 Å². The molecule has 0 unspecified atom stereocenters. The molecule has 0 spiro atoms. The van der Waals surface area contributed by atoms with Crippen molar-refractivity contribution in [1.29, 1.82) is 0 Å². The molecule has 0 bridgehead atoms. The van der Waals surface area contributed by atoms with E-state index in [1.165, 1.54) is 6.07 Å². The molecule has 3 aromatic rings. The molecule has 6 heteroatoms. The van der Waals surface area contributed by atoms with E-state index in [2.05, 4.69) is 19.9 Å². The van der Waals surface area contributed by atoms with Crippen molar-refractivity contribution in [3.8, 4) is 11.5 Å². The van der Waals surface area contributed by atoms with Crippen molar-refractivity contribution in [3.63, 3.8) is 0 Å². The Balaban J connectivity index is 1.77. The van der Waals surface area contributed by atoms with Crippen LogP contribution in [-0.4, -0.2) is 19.9 Å². The lowest BCUT2D eigenvalue weighted by Crippen LogP contribution is -2.44. The van der Waals surface area contributed by atoms with Crippen molar-refractivity contribution in [2.24, 2.45) is 5.73 Å². The normalized spacial score (nSPS) is 17.3. The van der Waals surface area contributed by atoms with Crippen LogP contribution in [0.2, 0.25) is 0 Å². The number of para-hydroxylation sites is 1. The van der Waals surface area contributed by atoms with E-state index in [1.807, 2.05) is 0 Å². The van der Waals surface area contributed by atoms with Gasteiger partial charge in [-0.1, -0.05) is 6.07 Å². The van der Waals surface area contributed by atoms with Gasteiger partial charge in [-0.25, -0.2) is 14.4 Å². The molecule has 102 valence electrons.